The lowest BCUT2D eigenvalue weighted by atomic mass is 10.1. The van der Waals surface area contributed by atoms with Gasteiger partial charge in [-0.05, 0) is 31.5 Å². The van der Waals surface area contributed by atoms with Crippen LogP contribution in [-0.2, 0) is 4.74 Å². The third-order valence-electron chi connectivity index (χ3n) is 4.24. The van der Waals surface area contributed by atoms with Crippen molar-refractivity contribution in [2.75, 3.05) is 31.6 Å². The predicted molar refractivity (Wildman–Crippen MR) is 90.2 cm³/mol. The number of fused-ring (bicyclic) bond motifs is 1. The van der Waals surface area contributed by atoms with E-state index in [9.17, 15) is 0 Å². The molecule has 2 heterocycles. The highest BCUT2D eigenvalue weighted by Crippen LogP contribution is 2.26. The Bertz CT molecular complexity index is 540. The molecule has 0 aromatic heterocycles. The standard InChI is InChI=1S/C15H20ClN3OS/c16-12-4-1-5-13(14(12)15(17)21)18-7-11-8-19-6-2-3-10(19)9-20-11/h1,4-5,10-11,18H,2-3,6-9H2,(H2,17,21). The topological polar surface area (TPSA) is 50.5 Å². The van der Waals surface area contributed by atoms with E-state index < -0.39 is 0 Å². The second kappa shape index (κ2) is 6.48. The molecule has 1 aromatic carbocycles. The van der Waals surface area contributed by atoms with E-state index in [2.05, 4.69) is 10.2 Å². The monoisotopic (exact) mass is 325 g/mol. The van der Waals surface area contributed by atoms with Gasteiger partial charge < -0.3 is 15.8 Å². The highest BCUT2D eigenvalue weighted by atomic mass is 35.5. The first-order chi connectivity index (χ1) is 10.1. The minimum Gasteiger partial charge on any atom is -0.389 e. The molecule has 2 unspecified atom stereocenters. The summed E-state index contributed by atoms with van der Waals surface area (Å²) >= 11 is 11.3. The van der Waals surface area contributed by atoms with Gasteiger partial charge in [-0.25, -0.2) is 0 Å². The molecule has 0 aliphatic carbocycles. The minimum absolute atomic E-state index is 0.192. The van der Waals surface area contributed by atoms with E-state index >= 15 is 0 Å². The number of rotatable bonds is 4. The van der Waals surface area contributed by atoms with Crippen molar-refractivity contribution in [2.45, 2.75) is 25.0 Å². The summed E-state index contributed by atoms with van der Waals surface area (Å²) in [5, 5.41) is 3.96. The highest BCUT2D eigenvalue weighted by Gasteiger charge is 2.32. The molecular weight excluding hydrogens is 306 g/mol. The van der Waals surface area contributed by atoms with Crippen LogP contribution in [0, 0.1) is 0 Å². The second-order valence-corrected chi connectivity index (χ2v) is 6.50. The summed E-state index contributed by atoms with van der Waals surface area (Å²) in [5.74, 6) is 0. The molecule has 0 bridgehead atoms. The molecule has 2 aliphatic rings. The molecule has 2 atom stereocenters. The van der Waals surface area contributed by atoms with E-state index in [-0.39, 0.29) is 6.10 Å². The largest absolute Gasteiger partial charge is 0.389 e. The van der Waals surface area contributed by atoms with E-state index in [4.69, 9.17) is 34.3 Å². The molecule has 4 nitrogen and oxygen atoms in total. The van der Waals surface area contributed by atoms with Crippen molar-refractivity contribution in [3.05, 3.63) is 28.8 Å². The summed E-state index contributed by atoms with van der Waals surface area (Å²) in [6, 6.07) is 6.26. The van der Waals surface area contributed by atoms with Gasteiger partial charge in [0, 0.05) is 24.8 Å². The van der Waals surface area contributed by atoms with Crippen molar-refractivity contribution in [3.8, 4) is 0 Å². The molecule has 21 heavy (non-hydrogen) atoms. The zero-order valence-corrected chi connectivity index (χ0v) is 13.4. The van der Waals surface area contributed by atoms with Crippen LogP contribution in [0.25, 0.3) is 0 Å². The first-order valence-corrected chi connectivity index (χ1v) is 8.11. The van der Waals surface area contributed by atoms with Gasteiger partial charge in [0.05, 0.1) is 23.3 Å². The van der Waals surface area contributed by atoms with Crippen molar-refractivity contribution in [1.82, 2.24) is 4.90 Å². The molecule has 2 aliphatic heterocycles. The zero-order chi connectivity index (χ0) is 14.8. The third kappa shape index (κ3) is 3.31. The summed E-state index contributed by atoms with van der Waals surface area (Å²) in [6.07, 6.45) is 2.74. The number of ether oxygens (including phenoxy) is 1. The summed E-state index contributed by atoms with van der Waals surface area (Å²) in [4.78, 5) is 2.84. The van der Waals surface area contributed by atoms with E-state index in [0.717, 1.165) is 25.4 Å². The number of morpholine rings is 1. The fourth-order valence-corrected chi connectivity index (χ4v) is 3.71. The molecule has 0 amide bonds. The Morgan fingerprint density at radius 3 is 3.19 bits per heavy atom. The Morgan fingerprint density at radius 2 is 2.38 bits per heavy atom. The molecule has 1 aromatic rings. The predicted octanol–water partition coefficient (Wildman–Crippen LogP) is 2.25. The van der Waals surface area contributed by atoms with Crippen LogP contribution in [0.4, 0.5) is 5.69 Å². The Kier molecular flexibility index (Phi) is 4.64. The van der Waals surface area contributed by atoms with Crippen molar-refractivity contribution in [2.24, 2.45) is 5.73 Å². The van der Waals surface area contributed by atoms with Gasteiger partial charge in [-0.1, -0.05) is 29.9 Å². The molecule has 2 fully saturated rings. The van der Waals surface area contributed by atoms with Gasteiger partial charge in [0.15, 0.2) is 0 Å². The minimum atomic E-state index is 0.192. The quantitative estimate of drug-likeness (QED) is 0.832. The second-order valence-electron chi connectivity index (χ2n) is 5.65. The van der Waals surface area contributed by atoms with Crippen molar-refractivity contribution in [3.63, 3.8) is 0 Å². The first-order valence-electron chi connectivity index (χ1n) is 7.33. The lowest BCUT2D eigenvalue weighted by molar-refractivity contribution is -0.0415. The number of halogens is 1. The van der Waals surface area contributed by atoms with Gasteiger partial charge >= 0.3 is 0 Å². The molecular formula is C15H20ClN3OS. The SMILES string of the molecule is NC(=S)c1c(Cl)cccc1NCC1CN2CCCC2CO1. The van der Waals surface area contributed by atoms with Crippen molar-refractivity contribution >= 4 is 34.5 Å². The molecule has 6 heteroatoms. The number of benzene rings is 1. The van der Waals surface area contributed by atoms with E-state index in [0.29, 0.717) is 21.6 Å². The van der Waals surface area contributed by atoms with Gasteiger partial charge in [-0.15, -0.1) is 0 Å². The normalized spacial score (nSPS) is 25.6. The third-order valence-corrected chi connectivity index (χ3v) is 4.76. The molecule has 2 saturated heterocycles. The summed E-state index contributed by atoms with van der Waals surface area (Å²) < 4.78 is 5.94. The molecule has 0 saturated carbocycles. The van der Waals surface area contributed by atoms with Crippen LogP contribution in [0.3, 0.4) is 0 Å². The molecule has 3 N–H and O–H groups in total. The fraction of sp³-hybridized carbons (Fsp3) is 0.533. The number of nitrogens with one attached hydrogen (secondary N) is 1. The van der Waals surface area contributed by atoms with Gasteiger partial charge in [0.25, 0.3) is 0 Å². The van der Waals surface area contributed by atoms with E-state index in [1.165, 1.54) is 19.4 Å². The van der Waals surface area contributed by atoms with Crippen LogP contribution in [-0.4, -0.2) is 48.3 Å². The van der Waals surface area contributed by atoms with Gasteiger partial charge in [0.1, 0.15) is 4.99 Å². The number of nitrogens with two attached hydrogens (primary N) is 1. The number of hydrogen-bond acceptors (Lipinski definition) is 4. The Morgan fingerprint density at radius 1 is 1.52 bits per heavy atom. The Hall–Kier alpha value is -0.880. The van der Waals surface area contributed by atoms with Crippen LogP contribution >= 0.6 is 23.8 Å². The average molecular weight is 326 g/mol. The van der Waals surface area contributed by atoms with Crippen LogP contribution in [0.5, 0.6) is 0 Å². The smallest absolute Gasteiger partial charge is 0.107 e. The Balaban J connectivity index is 1.63. The summed E-state index contributed by atoms with van der Waals surface area (Å²) in [7, 11) is 0. The summed E-state index contributed by atoms with van der Waals surface area (Å²) in [6.45, 7) is 3.75. The lowest BCUT2D eigenvalue weighted by Gasteiger charge is -2.35. The molecule has 0 spiro atoms. The lowest BCUT2D eigenvalue weighted by Crippen LogP contribution is -2.48. The number of anilines is 1. The maximum atomic E-state index is 6.17. The van der Waals surface area contributed by atoms with Crippen LogP contribution in [0.15, 0.2) is 18.2 Å². The maximum Gasteiger partial charge on any atom is 0.107 e. The van der Waals surface area contributed by atoms with Crippen molar-refractivity contribution in [1.29, 1.82) is 0 Å². The summed E-state index contributed by atoms with van der Waals surface area (Å²) in [5.41, 5.74) is 7.35. The Labute approximate surface area is 135 Å². The van der Waals surface area contributed by atoms with Gasteiger partial charge in [-0.2, -0.15) is 0 Å². The zero-order valence-electron chi connectivity index (χ0n) is 11.8. The highest BCUT2D eigenvalue weighted by molar-refractivity contribution is 7.80. The van der Waals surface area contributed by atoms with Crippen LogP contribution in [0.1, 0.15) is 18.4 Å². The number of nitrogens with zero attached hydrogens (tertiary/aromatic N) is 1. The first kappa shape index (κ1) is 15.0. The van der Waals surface area contributed by atoms with Gasteiger partial charge in [0.2, 0.25) is 0 Å². The van der Waals surface area contributed by atoms with E-state index in [1.54, 1.807) is 6.07 Å². The molecule has 0 radical (unpaired) electrons. The van der Waals surface area contributed by atoms with Crippen molar-refractivity contribution < 1.29 is 4.74 Å². The number of hydrogen-bond donors (Lipinski definition) is 2. The van der Waals surface area contributed by atoms with Crippen LogP contribution < -0.4 is 11.1 Å². The molecule has 114 valence electrons. The molecule has 3 rings (SSSR count). The fourth-order valence-electron chi connectivity index (χ4n) is 3.15. The van der Waals surface area contributed by atoms with E-state index in [1.807, 2.05) is 12.1 Å². The maximum absolute atomic E-state index is 6.17. The van der Waals surface area contributed by atoms with Crippen LogP contribution in [0.2, 0.25) is 5.02 Å². The number of thiocarbonyl (C=S) groups is 1. The average Bonchev–Trinajstić information content (AvgIpc) is 2.92. The van der Waals surface area contributed by atoms with Gasteiger partial charge in [-0.3, -0.25) is 4.90 Å².